The molecular weight excluding hydrogens is 398 g/mol. The van der Waals surface area contributed by atoms with Crippen molar-refractivity contribution in [2.24, 2.45) is 0 Å². The number of oxazole rings is 1. The summed E-state index contributed by atoms with van der Waals surface area (Å²) in [7, 11) is 0. The van der Waals surface area contributed by atoms with Gasteiger partial charge in [-0.25, -0.2) is 4.98 Å². The van der Waals surface area contributed by atoms with Crippen molar-refractivity contribution < 1.29 is 13.6 Å². The molecule has 150 valence electrons. The summed E-state index contributed by atoms with van der Waals surface area (Å²) in [5.74, 6) is 0.798. The van der Waals surface area contributed by atoms with E-state index < -0.39 is 0 Å². The number of thiocarbonyl (C=S) groups is 1. The van der Waals surface area contributed by atoms with E-state index in [1.54, 1.807) is 18.2 Å². The average Bonchev–Trinajstić information content (AvgIpc) is 3.41. The molecule has 0 atom stereocenters. The van der Waals surface area contributed by atoms with Crippen LogP contribution in [0.1, 0.15) is 18.2 Å². The van der Waals surface area contributed by atoms with Crippen molar-refractivity contribution in [1.29, 1.82) is 0 Å². The predicted molar refractivity (Wildman–Crippen MR) is 121 cm³/mol. The number of anilines is 1. The minimum absolute atomic E-state index is 0.200. The van der Waals surface area contributed by atoms with Gasteiger partial charge in [-0.1, -0.05) is 13.0 Å². The topological polar surface area (TPSA) is 80.3 Å². The van der Waals surface area contributed by atoms with Crippen LogP contribution in [0, 0.1) is 0 Å². The molecule has 0 radical (unpaired) electrons. The van der Waals surface area contributed by atoms with Crippen LogP contribution in [-0.4, -0.2) is 16.0 Å². The zero-order valence-electron chi connectivity index (χ0n) is 16.2. The number of carbonyl (C=O) groups excluding carboxylic acids is 1. The number of nitrogens with zero attached hydrogens (tertiary/aromatic N) is 1. The molecule has 0 saturated carbocycles. The molecule has 2 aromatic heterocycles. The molecule has 0 saturated heterocycles. The third-order valence-corrected chi connectivity index (χ3v) is 4.63. The van der Waals surface area contributed by atoms with E-state index in [2.05, 4.69) is 22.5 Å². The largest absolute Gasteiger partial charge is 0.465 e. The predicted octanol–water partition coefficient (Wildman–Crippen LogP) is 5.18. The lowest BCUT2D eigenvalue weighted by molar-refractivity contribution is -0.115. The van der Waals surface area contributed by atoms with Gasteiger partial charge in [0.1, 0.15) is 11.3 Å². The summed E-state index contributed by atoms with van der Waals surface area (Å²) in [6.45, 7) is 2.11. The Bertz CT molecular complexity index is 1210. The molecule has 0 unspecified atom stereocenters. The highest BCUT2D eigenvalue weighted by Crippen LogP contribution is 2.26. The van der Waals surface area contributed by atoms with Crippen molar-refractivity contribution in [1.82, 2.24) is 10.3 Å². The molecule has 6 nitrogen and oxygen atoms in total. The zero-order chi connectivity index (χ0) is 20.9. The van der Waals surface area contributed by atoms with Gasteiger partial charge in [0.2, 0.25) is 11.8 Å². The molecule has 1 amide bonds. The van der Waals surface area contributed by atoms with Crippen molar-refractivity contribution >= 4 is 46.1 Å². The third-order valence-electron chi connectivity index (χ3n) is 4.43. The maximum Gasteiger partial charge on any atom is 0.250 e. The first-order valence-electron chi connectivity index (χ1n) is 9.44. The maximum atomic E-state index is 11.9. The molecule has 2 heterocycles. The first-order valence-corrected chi connectivity index (χ1v) is 9.85. The van der Waals surface area contributed by atoms with Gasteiger partial charge in [0.25, 0.3) is 0 Å². The lowest BCUT2D eigenvalue weighted by Crippen LogP contribution is -2.32. The minimum Gasteiger partial charge on any atom is -0.465 e. The van der Waals surface area contributed by atoms with Crippen LogP contribution >= 0.6 is 12.2 Å². The normalized spacial score (nSPS) is 11.1. The van der Waals surface area contributed by atoms with E-state index in [9.17, 15) is 4.79 Å². The highest BCUT2D eigenvalue weighted by molar-refractivity contribution is 7.80. The van der Waals surface area contributed by atoms with Crippen molar-refractivity contribution in [2.45, 2.75) is 13.3 Å². The van der Waals surface area contributed by atoms with Gasteiger partial charge in [0, 0.05) is 17.3 Å². The Morgan fingerprint density at radius 2 is 2.00 bits per heavy atom. The summed E-state index contributed by atoms with van der Waals surface area (Å²) in [4.78, 5) is 16.5. The Morgan fingerprint density at radius 3 is 2.73 bits per heavy atom. The monoisotopic (exact) mass is 417 g/mol. The summed E-state index contributed by atoms with van der Waals surface area (Å²) in [5.41, 5.74) is 4.42. The molecule has 4 rings (SSSR count). The Hall–Kier alpha value is -3.71. The van der Waals surface area contributed by atoms with E-state index in [1.165, 1.54) is 17.9 Å². The van der Waals surface area contributed by atoms with Crippen LogP contribution in [0.5, 0.6) is 0 Å². The smallest absolute Gasteiger partial charge is 0.250 e. The number of rotatable bonds is 5. The van der Waals surface area contributed by atoms with E-state index in [0.717, 1.165) is 28.8 Å². The fourth-order valence-electron chi connectivity index (χ4n) is 2.87. The zero-order valence-corrected chi connectivity index (χ0v) is 17.0. The second-order valence-corrected chi connectivity index (χ2v) is 6.95. The summed E-state index contributed by atoms with van der Waals surface area (Å²) >= 11 is 5.19. The van der Waals surface area contributed by atoms with Crippen LogP contribution in [-0.2, 0) is 11.2 Å². The molecule has 4 aromatic rings. The Balaban J connectivity index is 1.38. The van der Waals surface area contributed by atoms with Gasteiger partial charge >= 0.3 is 0 Å². The first-order chi connectivity index (χ1) is 14.6. The molecule has 0 aliphatic heterocycles. The highest BCUT2D eigenvalue weighted by Gasteiger charge is 2.09. The fourth-order valence-corrected chi connectivity index (χ4v) is 3.09. The molecule has 30 heavy (non-hydrogen) atoms. The molecule has 0 fully saturated rings. The fraction of sp³-hybridized carbons (Fsp3) is 0.0870. The Kier molecular flexibility index (Phi) is 5.72. The standard InChI is InChI=1S/C23H19N3O3S/c1-2-15-5-11-20-19(14-15)25-22(29-20)16-6-8-17(9-7-16)24-23(30)26-21(27)12-10-18-4-3-13-28-18/h3-14H,2H2,1H3,(H2,24,26,27,30)/b12-10+. The third kappa shape index (κ3) is 4.64. The lowest BCUT2D eigenvalue weighted by Gasteiger charge is -2.08. The van der Waals surface area contributed by atoms with Crippen LogP contribution in [0.2, 0.25) is 0 Å². The summed E-state index contributed by atoms with van der Waals surface area (Å²) in [6, 6.07) is 17.0. The number of furan rings is 1. The summed E-state index contributed by atoms with van der Waals surface area (Å²) in [5, 5.41) is 5.77. The van der Waals surface area contributed by atoms with Gasteiger partial charge in [-0.15, -0.1) is 0 Å². The summed E-state index contributed by atoms with van der Waals surface area (Å²) < 4.78 is 11.0. The number of amides is 1. The molecule has 7 heteroatoms. The average molecular weight is 417 g/mol. The van der Waals surface area contributed by atoms with Crippen molar-refractivity contribution in [3.63, 3.8) is 0 Å². The number of aromatic nitrogens is 1. The van der Waals surface area contributed by atoms with E-state index in [-0.39, 0.29) is 11.0 Å². The number of hydrogen-bond donors (Lipinski definition) is 2. The summed E-state index contributed by atoms with van der Waals surface area (Å²) in [6.07, 6.45) is 5.41. The molecule has 0 aliphatic carbocycles. The van der Waals surface area contributed by atoms with E-state index in [0.29, 0.717) is 11.7 Å². The molecule has 2 aromatic carbocycles. The number of nitrogens with one attached hydrogen (secondary N) is 2. The minimum atomic E-state index is -0.349. The van der Waals surface area contributed by atoms with Gasteiger partial charge in [-0.05, 0) is 78.8 Å². The second-order valence-electron chi connectivity index (χ2n) is 6.54. The Morgan fingerprint density at radius 1 is 1.17 bits per heavy atom. The molecular formula is C23H19N3O3S. The molecule has 0 spiro atoms. The van der Waals surface area contributed by atoms with Crippen molar-refractivity contribution in [2.75, 3.05) is 5.32 Å². The van der Waals surface area contributed by atoms with Gasteiger partial charge in [-0.3, -0.25) is 10.1 Å². The van der Waals surface area contributed by atoms with Crippen LogP contribution in [0.4, 0.5) is 5.69 Å². The van der Waals surface area contributed by atoms with Gasteiger partial charge in [0.05, 0.1) is 6.26 Å². The van der Waals surface area contributed by atoms with Gasteiger partial charge in [-0.2, -0.15) is 0 Å². The van der Waals surface area contributed by atoms with E-state index in [4.69, 9.17) is 21.1 Å². The van der Waals surface area contributed by atoms with Crippen LogP contribution < -0.4 is 10.6 Å². The molecule has 0 aliphatic rings. The highest BCUT2D eigenvalue weighted by atomic mass is 32.1. The van der Waals surface area contributed by atoms with E-state index in [1.807, 2.05) is 42.5 Å². The maximum absolute atomic E-state index is 11.9. The van der Waals surface area contributed by atoms with Crippen LogP contribution in [0.3, 0.4) is 0 Å². The van der Waals surface area contributed by atoms with Crippen LogP contribution in [0.25, 0.3) is 28.6 Å². The molecule has 2 N–H and O–H groups in total. The number of benzene rings is 2. The first kappa shape index (κ1) is 19.6. The second kappa shape index (κ2) is 8.75. The van der Waals surface area contributed by atoms with Crippen molar-refractivity contribution in [3.8, 4) is 11.5 Å². The number of aryl methyl sites for hydroxylation is 1. The quantitative estimate of drug-likeness (QED) is 0.344. The van der Waals surface area contributed by atoms with Gasteiger partial charge < -0.3 is 14.2 Å². The number of hydrogen-bond acceptors (Lipinski definition) is 5. The SMILES string of the molecule is CCc1ccc2oc(-c3ccc(NC(=S)NC(=O)/C=C/c4ccco4)cc3)nc2c1. The van der Waals surface area contributed by atoms with Gasteiger partial charge in [0.15, 0.2) is 10.7 Å². The lowest BCUT2D eigenvalue weighted by atomic mass is 10.1. The van der Waals surface area contributed by atoms with Crippen LogP contribution in [0.15, 0.2) is 75.8 Å². The Labute approximate surface area is 178 Å². The van der Waals surface area contributed by atoms with E-state index >= 15 is 0 Å². The number of carbonyl (C=O) groups is 1. The molecule has 0 bridgehead atoms. The van der Waals surface area contributed by atoms with Crippen molar-refractivity contribution in [3.05, 3.63) is 78.3 Å². The number of fused-ring (bicyclic) bond motifs is 1.